The molecule has 1 aromatic carbocycles. The van der Waals surface area contributed by atoms with E-state index in [0.29, 0.717) is 5.56 Å². The molecule has 0 spiro atoms. The van der Waals surface area contributed by atoms with Crippen molar-refractivity contribution in [2.75, 3.05) is 13.2 Å². The van der Waals surface area contributed by atoms with E-state index >= 15 is 0 Å². The molecule has 32 heavy (non-hydrogen) atoms. The van der Waals surface area contributed by atoms with Crippen LogP contribution in [-0.4, -0.2) is 50.6 Å². The van der Waals surface area contributed by atoms with Crippen LogP contribution >= 0.6 is 0 Å². The second-order valence-corrected chi connectivity index (χ2v) is 7.49. The minimum Gasteiger partial charge on any atom is -0.394 e. The highest BCUT2D eigenvalue weighted by Gasteiger charge is 2.35. The maximum absolute atomic E-state index is 13.4. The van der Waals surface area contributed by atoms with Crippen molar-refractivity contribution in [2.24, 2.45) is 0 Å². The van der Waals surface area contributed by atoms with Crippen molar-refractivity contribution in [1.82, 2.24) is 14.5 Å². The second kappa shape index (κ2) is 9.86. The molecule has 3 atom stereocenters. The minimum atomic E-state index is -0.930. The quantitative estimate of drug-likeness (QED) is 0.499. The van der Waals surface area contributed by atoms with Gasteiger partial charge in [-0.15, -0.1) is 0 Å². The maximum atomic E-state index is 13.4. The molecule has 1 aliphatic rings. The molecule has 10 nitrogen and oxygen atoms in total. The summed E-state index contributed by atoms with van der Waals surface area (Å²) in [6.07, 6.45) is -0.837. The summed E-state index contributed by atoms with van der Waals surface area (Å²) in [6, 6.07) is 5.10. The van der Waals surface area contributed by atoms with Crippen LogP contribution in [0.15, 0.2) is 34.0 Å². The molecular weight excluding hydrogens is 423 g/mol. The van der Waals surface area contributed by atoms with Crippen LogP contribution in [0, 0.1) is 24.1 Å². The Balaban J connectivity index is 1.67. The van der Waals surface area contributed by atoms with E-state index in [4.69, 9.17) is 10.00 Å². The topological polar surface area (TPSA) is 147 Å². The van der Waals surface area contributed by atoms with Crippen molar-refractivity contribution in [3.05, 3.63) is 67.7 Å². The maximum Gasteiger partial charge on any atom is 0.333 e. The summed E-state index contributed by atoms with van der Waals surface area (Å²) < 4.78 is 21.1. The van der Waals surface area contributed by atoms with Gasteiger partial charge in [0.15, 0.2) is 0 Å². The van der Waals surface area contributed by atoms with Crippen LogP contribution in [0.2, 0.25) is 0 Å². The Morgan fingerprint density at radius 3 is 2.81 bits per heavy atom. The van der Waals surface area contributed by atoms with E-state index in [9.17, 15) is 29.0 Å². The predicted molar refractivity (Wildman–Crippen MR) is 109 cm³/mol. The number of aliphatic hydroxyl groups is 2. The Bertz CT molecular complexity index is 1170. The average Bonchev–Trinajstić information content (AvgIpc) is 3.16. The van der Waals surface area contributed by atoms with E-state index in [0.717, 1.165) is 16.7 Å². The summed E-state index contributed by atoms with van der Waals surface area (Å²) in [5.74, 6) is -1.23. The molecule has 1 fully saturated rings. The zero-order chi connectivity index (χ0) is 23.4. The molecule has 3 N–H and O–H groups in total. The first-order valence-corrected chi connectivity index (χ1v) is 10.0. The number of amides is 1. The molecule has 1 aromatic heterocycles. The molecule has 1 amide bonds. The number of aromatic nitrogens is 2. The number of nitrogens with zero attached hydrogens (tertiary/aromatic N) is 3. The van der Waals surface area contributed by atoms with Gasteiger partial charge in [0.1, 0.15) is 24.2 Å². The lowest BCUT2D eigenvalue weighted by Crippen LogP contribution is -2.42. The van der Waals surface area contributed by atoms with Gasteiger partial charge < -0.3 is 20.3 Å². The van der Waals surface area contributed by atoms with Gasteiger partial charge in [-0.3, -0.25) is 18.7 Å². The standard InChI is InChI=1S/C21H23FN4O6/c1-12-10-26(18-8-16(28)17(11-27)32-18)21(31)25(20(12)30)6-2-5-24-19(29)13-3-4-15(22)14(7-13)9-23/h3-4,7,10,16-18,27-28H,2,5-6,8,11H2,1H3,(H,24,29)/t16-,17+,18+/m0/s1. The van der Waals surface area contributed by atoms with Crippen molar-refractivity contribution in [2.45, 2.75) is 44.7 Å². The first kappa shape index (κ1) is 23.3. The molecular formula is C21H23FN4O6. The summed E-state index contributed by atoms with van der Waals surface area (Å²) in [7, 11) is 0. The third kappa shape index (κ3) is 4.77. The van der Waals surface area contributed by atoms with Gasteiger partial charge >= 0.3 is 5.69 Å². The molecule has 0 bridgehead atoms. The van der Waals surface area contributed by atoms with Crippen LogP contribution in [0.1, 0.15) is 40.6 Å². The fourth-order valence-electron chi connectivity index (χ4n) is 3.51. The van der Waals surface area contributed by atoms with E-state index < -0.39 is 48.0 Å². The lowest BCUT2D eigenvalue weighted by molar-refractivity contribution is -0.0464. The highest BCUT2D eigenvalue weighted by atomic mass is 19.1. The molecule has 0 saturated carbocycles. The van der Waals surface area contributed by atoms with E-state index in [1.807, 2.05) is 0 Å². The summed E-state index contributed by atoms with van der Waals surface area (Å²) >= 11 is 0. The van der Waals surface area contributed by atoms with Crippen LogP contribution in [0.4, 0.5) is 4.39 Å². The van der Waals surface area contributed by atoms with Crippen molar-refractivity contribution in [3.63, 3.8) is 0 Å². The number of benzene rings is 1. The first-order valence-electron chi connectivity index (χ1n) is 10.0. The van der Waals surface area contributed by atoms with Crippen LogP contribution in [0.3, 0.4) is 0 Å². The van der Waals surface area contributed by atoms with Crippen molar-refractivity contribution >= 4 is 5.91 Å². The molecule has 3 rings (SSSR count). The number of hydrogen-bond acceptors (Lipinski definition) is 7. The predicted octanol–water partition coefficient (Wildman–Crippen LogP) is -0.210. The Morgan fingerprint density at radius 2 is 2.16 bits per heavy atom. The van der Waals surface area contributed by atoms with Gasteiger partial charge in [0.2, 0.25) is 0 Å². The molecule has 0 unspecified atom stereocenters. The Hall–Kier alpha value is -3.33. The third-order valence-electron chi connectivity index (χ3n) is 5.25. The summed E-state index contributed by atoms with van der Waals surface area (Å²) in [6.45, 7) is 1.30. The zero-order valence-electron chi connectivity index (χ0n) is 17.3. The van der Waals surface area contributed by atoms with Gasteiger partial charge in [0.25, 0.3) is 11.5 Å². The lowest BCUT2D eigenvalue weighted by atomic mass is 10.1. The molecule has 0 radical (unpaired) electrons. The average molecular weight is 446 g/mol. The highest BCUT2D eigenvalue weighted by molar-refractivity contribution is 5.94. The van der Waals surface area contributed by atoms with Gasteiger partial charge in [0, 0.05) is 36.8 Å². The summed E-state index contributed by atoms with van der Waals surface area (Å²) in [5, 5.41) is 30.6. The van der Waals surface area contributed by atoms with Crippen LogP contribution in [0.5, 0.6) is 0 Å². The minimum absolute atomic E-state index is 0.0190. The van der Waals surface area contributed by atoms with E-state index in [1.165, 1.54) is 16.8 Å². The molecule has 1 saturated heterocycles. The molecule has 11 heteroatoms. The lowest BCUT2D eigenvalue weighted by Gasteiger charge is -2.17. The fourth-order valence-corrected chi connectivity index (χ4v) is 3.51. The van der Waals surface area contributed by atoms with Crippen LogP contribution in [0.25, 0.3) is 0 Å². The summed E-state index contributed by atoms with van der Waals surface area (Å²) in [5.41, 5.74) is -0.929. The third-order valence-corrected chi connectivity index (χ3v) is 5.25. The first-order chi connectivity index (χ1) is 15.3. The zero-order valence-corrected chi connectivity index (χ0v) is 17.3. The largest absolute Gasteiger partial charge is 0.394 e. The molecule has 1 aliphatic heterocycles. The monoisotopic (exact) mass is 446 g/mol. The van der Waals surface area contributed by atoms with E-state index in [2.05, 4.69) is 5.32 Å². The van der Waals surface area contributed by atoms with Gasteiger partial charge in [-0.05, 0) is 31.5 Å². The Kier molecular flexibility index (Phi) is 7.19. The van der Waals surface area contributed by atoms with Crippen molar-refractivity contribution < 1.29 is 24.1 Å². The molecule has 2 aromatic rings. The number of hydrogen-bond donors (Lipinski definition) is 3. The number of carbonyl (C=O) groups excluding carboxylic acids is 1. The molecule has 0 aliphatic carbocycles. The number of rotatable bonds is 7. The van der Waals surface area contributed by atoms with Gasteiger partial charge in [0.05, 0.1) is 18.3 Å². The molecule has 170 valence electrons. The van der Waals surface area contributed by atoms with Gasteiger partial charge in [-0.1, -0.05) is 0 Å². The van der Waals surface area contributed by atoms with Crippen molar-refractivity contribution in [1.29, 1.82) is 5.26 Å². The van der Waals surface area contributed by atoms with Crippen molar-refractivity contribution in [3.8, 4) is 6.07 Å². The van der Waals surface area contributed by atoms with Gasteiger partial charge in [-0.25, -0.2) is 9.18 Å². The number of nitrogens with one attached hydrogen (secondary N) is 1. The van der Waals surface area contributed by atoms with E-state index in [-0.39, 0.29) is 37.1 Å². The number of nitriles is 1. The summed E-state index contributed by atoms with van der Waals surface area (Å²) in [4.78, 5) is 37.5. The second-order valence-electron chi connectivity index (χ2n) is 7.49. The SMILES string of the molecule is Cc1cn([C@H]2C[C@H](O)[C@@H](CO)O2)c(=O)n(CCCNC(=O)c2ccc(F)c(C#N)c2)c1=O. The Morgan fingerprint density at radius 1 is 1.41 bits per heavy atom. The number of aliphatic hydroxyl groups excluding tert-OH is 2. The van der Waals surface area contributed by atoms with Crippen LogP contribution < -0.4 is 16.6 Å². The number of aryl methyl sites for hydroxylation is 1. The Labute approximate surface area is 182 Å². The fraction of sp³-hybridized carbons (Fsp3) is 0.429. The number of ether oxygens (including phenoxy) is 1. The number of carbonyl (C=O) groups is 1. The smallest absolute Gasteiger partial charge is 0.333 e. The molecule has 2 heterocycles. The van der Waals surface area contributed by atoms with E-state index in [1.54, 1.807) is 13.0 Å². The number of halogens is 1. The highest BCUT2D eigenvalue weighted by Crippen LogP contribution is 2.27. The normalized spacial score (nSPS) is 20.2. The van der Waals surface area contributed by atoms with Gasteiger partial charge in [-0.2, -0.15) is 5.26 Å². The van der Waals surface area contributed by atoms with Crippen LogP contribution in [-0.2, 0) is 11.3 Å².